The standard InChI is InChI=1S/C30H30F4O2/c1-3-5-17-35-26-16-14-23(28(32)30(26)34)21-10-8-20(9-11-21)22-12-13-24(29(33)27(22)31)25-15-7-19(6-4-2)18-36-25/h4,6,8-14,16,19,25H,3,5,7,15,17-18H2,1-2H3. The molecule has 1 saturated heterocycles. The highest BCUT2D eigenvalue weighted by atomic mass is 19.2. The molecule has 1 fully saturated rings. The first-order valence-electron chi connectivity index (χ1n) is 12.4. The summed E-state index contributed by atoms with van der Waals surface area (Å²) in [6.45, 7) is 4.71. The molecule has 2 nitrogen and oxygen atoms in total. The van der Waals surface area contributed by atoms with E-state index in [1.807, 2.05) is 19.9 Å². The summed E-state index contributed by atoms with van der Waals surface area (Å²) >= 11 is 0. The molecule has 2 atom stereocenters. The van der Waals surface area contributed by atoms with Crippen molar-refractivity contribution >= 4 is 0 Å². The Morgan fingerprint density at radius 3 is 2.06 bits per heavy atom. The predicted octanol–water partition coefficient (Wildman–Crippen LogP) is 8.80. The van der Waals surface area contributed by atoms with Crippen LogP contribution in [-0.2, 0) is 4.74 Å². The fraction of sp³-hybridized carbons (Fsp3) is 0.333. The summed E-state index contributed by atoms with van der Waals surface area (Å²) in [5.41, 5.74) is 1.22. The first-order valence-corrected chi connectivity index (χ1v) is 12.4. The van der Waals surface area contributed by atoms with E-state index in [4.69, 9.17) is 9.47 Å². The Kier molecular flexibility index (Phi) is 8.47. The average Bonchev–Trinajstić information content (AvgIpc) is 2.89. The van der Waals surface area contributed by atoms with Gasteiger partial charge in [-0.1, -0.05) is 61.9 Å². The molecule has 0 N–H and O–H groups in total. The minimum Gasteiger partial charge on any atom is -0.490 e. The molecule has 0 aromatic heterocycles. The third kappa shape index (κ3) is 5.49. The monoisotopic (exact) mass is 498 g/mol. The molecule has 0 amide bonds. The van der Waals surface area contributed by atoms with Crippen molar-refractivity contribution in [1.29, 1.82) is 0 Å². The average molecular weight is 499 g/mol. The highest BCUT2D eigenvalue weighted by Gasteiger charge is 2.26. The van der Waals surface area contributed by atoms with Gasteiger partial charge in [0.15, 0.2) is 23.2 Å². The molecule has 0 spiro atoms. The van der Waals surface area contributed by atoms with Crippen LogP contribution in [0.2, 0.25) is 0 Å². The molecule has 6 heteroatoms. The van der Waals surface area contributed by atoms with Crippen molar-refractivity contribution in [3.63, 3.8) is 0 Å². The second kappa shape index (κ2) is 11.7. The second-order valence-electron chi connectivity index (χ2n) is 9.03. The van der Waals surface area contributed by atoms with E-state index in [2.05, 4.69) is 6.08 Å². The maximum Gasteiger partial charge on any atom is 0.201 e. The minimum atomic E-state index is -1.04. The van der Waals surface area contributed by atoms with Crippen LogP contribution in [0.25, 0.3) is 22.3 Å². The third-order valence-corrected chi connectivity index (χ3v) is 6.54. The van der Waals surface area contributed by atoms with Gasteiger partial charge in [0, 0.05) is 22.6 Å². The van der Waals surface area contributed by atoms with Crippen molar-refractivity contribution in [2.24, 2.45) is 5.92 Å². The topological polar surface area (TPSA) is 18.5 Å². The van der Waals surface area contributed by atoms with Crippen LogP contribution in [0.5, 0.6) is 5.75 Å². The van der Waals surface area contributed by atoms with Crippen LogP contribution in [0.15, 0.2) is 60.7 Å². The highest BCUT2D eigenvalue weighted by Crippen LogP contribution is 2.37. The van der Waals surface area contributed by atoms with Crippen LogP contribution in [-0.4, -0.2) is 13.2 Å². The van der Waals surface area contributed by atoms with Gasteiger partial charge < -0.3 is 9.47 Å². The first kappa shape index (κ1) is 26.0. The van der Waals surface area contributed by atoms with Gasteiger partial charge in [0.2, 0.25) is 5.82 Å². The molecule has 3 aromatic rings. The lowest BCUT2D eigenvalue weighted by Gasteiger charge is -2.28. The van der Waals surface area contributed by atoms with E-state index in [1.54, 1.807) is 30.3 Å². The minimum absolute atomic E-state index is 0.0644. The molecule has 3 aromatic carbocycles. The van der Waals surface area contributed by atoms with Gasteiger partial charge in [0.05, 0.1) is 19.3 Å². The van der Waals surface area contributed by atoms with Crippen LogP contribution in [0.3, 0.4) is 0 Å². The molecule has 0 radical (unpaired) electrons. The number of hydrogen-bond acceptors (Lipinski definition) is 2. The number of ether oxygens (including phenoxy) is 2. The molecule has 1 aliphatic rings. The lowest BCUT2D eigenvalue weighted by atomic mass is 9.92. The lowest BCUT2D eigenvalue weighted by molar-refractivity contribution is -0.00743. The predicted molar refractivity (Wildman–Crippen MR) is 134 cm³/mol. The Hall–Kier alpha value is -3.12. The molecular weight excluding hydrogens is 468 g/mol. The molecule has 1 aliphatic heterocycles. The normalized spacial score (nSPS) is 18.1. The quantitative estimate of drug-likeness (QED) is 0.176. The summed E-state index contributed by atoms with van der Waals surface area (Å²) in [5.74, 6) is -3.76. The third-order valence-electron chi connectivity index (χ3n) is 6.54. The van der Waals surface area contributed by atoms with Crippen molar-refractivity contribution in [2.45, 2.75) is 45.6 Å². The SMILES string of the molecule is CC=CC1CCC(c2ccc(-c3ccc(-c4ccc(OCCCC)c(F)c4F)cc3)c(F)c2F)OC1. The number of rotatable bonds is 8. The molecule has 190 valence electrons. The van der Waals surface area contributed by atoms with Crippen LogP contribution in [0.1, 0.15) is 51.2 Å². The van der Waals surface area contributed by atoms with Gasteiger partial charge in [0.1, 0.15) is 0 Å². The molecule has 0 aliphatic carbocycles. The maximum absolute atomic E-state index is 15.0. The maximum atomic E-state index is 15.0. The van der Waals surface area contributed by atoms with Crippen molar-refractivity contribution in [2.75, 3.05) is 13.2 Å². The van der Waals surface area contributed by atoms with Crippen molar-refractivity contribution in [3.05, 3.63) is 89.5 Å². The van der Waals surface area contributed by atoms with Crippen molar-refractivity contribution in [3.8, 4) is 28.0 Å². The largest absolute Gasteiger partial charge is 0.490 e. The van der Waals surface area contributed by atoms with Gasteiger partial charge in [-0.05, 0) is 49.4 Å². The van der Waals surface area contributed by atoms with Crippen LogP contribution in [0, 0.1) is 29.2 Å². The summed E-state index contributed by atoms with van der Waals surface area (Å²) < 4.78 is 70.3. The molecule has 36 heavy (non-hydrogen) atoms. The highest BCUT2D eigenvalue weighted by molar-refractivity contribution is 5.71. The van der Waals surface area contributed by atoms with E-state index < -0.39 is 29.4 Å². The Balaban J connectivity index is 1.53. The van der Waals surface area contributed by atoms with E-state index >= 15 is 4.39 Å². The Bertz CT molecular complexity index is 1210. The number of unbranched alkanes of at least 4 members (excludes halogenated alkanes) is 1. The van der Waals surface area contributed by atoms with E-state index in [-0.39, 0.29) is 22.4 Å². The Labute approximate surface area is 209 Å². The van der Waals surface area contributed by atoms with Crippen LogP contribution in [0.4, 0.5) is 17.6 Å². The van der Waals surface area contributed by atoms with Crippen LogP contribution < -0.4 is 4.74 Å². The number of benzene rings is 3. The zero-order valence-electron chi connectivity index (χ0n) is 20.5. The van der Waals surface area contributed by atoms with Gasteiger partial charge in [-0.25, -0.2) is 13.2 Å². The summed E-state index contributed by atoms with van der Waals surface area (Å²) in [7, 11) is 0. The smallest absolute Gasteiger partial charge is 0.201 e. The molecule has 4 rings (SSSR count). The Morgan fingerprint density at radius 1 is 0.833 bits per heavy atom. The van der Waals surface area contributed by atoms with E-state index in [0.29, 0.717) is 36.7 Å². The van der Waals surface area contributed by atoms with Gasteiger partial charge in [-0.2, -0.15) is 4.39 Å². The fourth-order valence-electron chi connectivity index (χ4n) is 4.50. The summed E-state index contributed by atoms with van der Waals surface area (Å²) in [6, 6.07) is 12.2. The number of halogens is 4. The zero-order valence-corrected chi connectivity index (χ0v) is 20.5. The van der Waals surface area contributed by atoms with Crippen molar-refractivity contribution < 1.29 is 27.0 Å². The van der Waals surface area contributed by atoms with E-state index in [1.165, 1.54) is 18.2 Å². The summed E-state index contributed by atoms with van der Waals surface area (Å²) in [4.78, 5) is 0. The van der Waals surface area contributed by atoms with E-state index in [9.17, 15) is 13.2 Å². The Morgan fingerprint density at radius 2 is 1.47 bits per heavy atom. The lowest BCUT2D eigenvalue weighted by Crippen LogP contribution is -2.20. The van der Waals surface area contributed by atoms with E-state index in [0.717, 1.165) is 19.3 Å². The molecule has 1 heterocycles. The van der Waals surface area contributed by atoms with Crippen LogP contribution >= 0.6 is 0 Å². The zero-order chi connectivity index (χ0) is 25.7. The molecule has 0 saturated carbocycles. The second-order valence-corrected chi connectivity index (χ2v) is 9.03. The molecule has 0 bridgehead atoms. The van der Waals surface area contributed by atoms with Gasteiger partial charge in [0.25, 0.3) is 0 Å². The summed E-state index contributed by atoms with van der Waals surface area (Å²) in [5, 5.41) is 0. The van der Waals surface area contributed by atoms with Crippen molar-refractivity contribution in [1.82, 2.24) is 0 Å². The summed E-state index contributed by atoms with van der Waals surface area (Å²) in [6.07, 6.45) is 6.64. The number of allylic oxidation sites excluding steroid dienone is 1. The fourth-order valence-corrected chi connectivity index (χ4v) is 4.50. The van der Waals surface area contributed by atoms with Gasteiger partial charge in [-0.3, -0.25) is 0 Å². The first-order chi connectivity index (χ1) is 17.4. The molecule has 2 unspecified atom stereocenters. The number of hydrogen-bond donors (Lipinski definition) is 0. The molecular formula is C30H30F4O2. The van der Waals surface area contributed by atoms with Gasteiger partial charge in [-0.15, -0.1) is 0 Å². The van der Waals surface area contributed by atoms with Gasteiger partial charge >= 0.3 is 0 Å².